The van der Waals surface area contributed by atoms with Crippen molar-refractivity contribution in [3.05, 3.63) is 0 Å². The first kappa shape index (κ1) is 8.92. The highest BCUT2D eigenvalue weighted by molar-refractivity contribution is 4.71. The molecule has 0 aliphatic heterocycles. The summed E-state index contributed by atoms with van der Waals surface area (Å²) in [5.41, 5.74) is 5.53. The van der Waals surface area contributed by atoms with Crippen LogP contribution < -0.4 is 5.73 Å². The Hall–Kier alpha value is -0.0800. The van der Waals surface area contributed by atoms with Crippen molar-refractivity contribution in [2.24, 2.45) is 11.1 Å². The zero-order valence-electron chi connectivity index (χ0n) is 6.52. The number of hydrogen-bond donors (Lipinski definition) is 2. The Labute approximate surface area is 57.1 Å². The normalized spacial score (nSPS) is 15.7. The molecule has 0 saturated heterocycles. The van der Waals surface area contributed by atoms with Crippen LogP contribution in [0.1, 0.15) is 27.2 Å². The maximum atomic E-state index is 8.96. The second-order valence-corrected chi connectivity index (χ2v) is 3.42. The van der Waals surface area contributed by atoms with Gasteiger partial charge < -0.3 is 10.8 Å². The van der Waals surface area contributed by atoms with E-state index in [9.17, 15) is 0 Å². The predicted octanol–water partition coefficient (Wildman–Crippen LogP) is 0.742. The largest absolute Gasteiger partial charge is 0.393 e. The molecule has 0 heterocycles. The molecule has 0 aliphatic carbocycles. The molecule has 0 aromatic heterocycles. The summed E-state index contributed by atoms with van der Waals surface area (Å²) in [6.07, 6.45) is 0.548. The molecule has 0 aliphatic rings. The van der Waals surface area contributed by atoms with Crippen LogP contribution in [0.2, 0.25) is 0 Å². The lowest BCUT2D eigenvalue weighted by molar-refractivity contribution is 0.133. The monoisotopic (exact) mass is 131 g/mol. The number of rotatable bonds is 3. The van der Waals surface area contributed by atoms with E-state index in [0.717, 1.165) is 6.42 Å². The first-order valence-electron chi connectivity index (χ1n) is 3.36. The van der Waals surface area contributed by atoms with Gasteiger partial charge in [-0.25, -0.2) is 0 Å². The van der Waals surface area contributed by atoms with Crippen LogP contribution >= 0.6 is 0 Å². The van der Waals surface area contributed by atoms with Gasteiger partial charge in [-0.1, -0.05) is 13.8 Å². The van der Waals surface area contributed by atoms with E-state index in [1.165, 1.54) is 0 Å². The molecule has 0 aromatic rings. The van der Waals surface area contributed by atoms with Crippen molar-refractivity contribution in [1.29, 1.82) is 0 Å². The SMILES string of the molecule is C[C@H](O)CC(C)(C)CN. The van der Waals surface area contributed by atoms with Gasteiger partial charge in [0.15, 0.2) is 0 Å². The van der Waals surface area contributed by atoms with Gasteiger partial charge >= 0.3 is 0 Å². The lowest BCUT2D eigenvalue weighted by Gasteiger charge is -2.23. The van der Waals surface area contributed by atoms with E-state index < -0.39 is 0 Å². The van der Waals surface area contributed by atoms with Crippen LogP contribution in [0.3, 0.4) is 0 Å². The molecule has 2 nitrogen and oxygen atoms in total. The average molecular weight is 131 g/mol. The maximum Gasteiger partial charge on any atom is 0.0517 e. The average Bonchev–Trinajstić information content (AvgIpc) is 1.63. The molecule has 9 heavy (non-hydrogen) atoms. The maximum absolute atomic E-state index is 8.96. The highest BCUT2D eigenvalue weighted by atomic mass is 16.3. The minimum atomic E-state index is -0.233. The zero-order valence-corrected chi connectivity index (χ0v) is 6.52. The van der Waals surface area contributed by atoms with Crippen LogP contribution in [0.4, 0.5) is 0 Å². The second-order valence-electron chi connectivity index (χ2n) is 3.42. The smallest absolute Gasteiger partial charge is 0.0517 e. The fourth-order valence-electron chi connectivity index (χ4n) is 0.883. The highest BCUT2D eigenvalue weighted by Crippen LogP contribution is 2.19. The highest BCUT2D eigenvalue weighted by Gasteiger charge is 2.17. The van der Waals surface area contributed by atoms with Gasteiger partial charge in [0.2, 0.25) is 0 Å². The van der Waals surface area contributed by atoms with Crippen molar-refractivity contribution in [2.45, 2.75) is 33.3 Å². The summed E-state index contributed by atoms with van der Waals surface area (Å²) in [4.78, 5) is 0. The molecule has 0 spiro atoms. The standard InChI is InChI=1S/C7H17NO/c1-6(9)4-7(2,3)5-8/h6,9H,4-5,8H2,1-3H3/t6-/m0/s1. The Bertz CT molecular complexity index is 79.0. The Morgan fingerprint density at radius 3 is 2.11 bits per heavy atom. The van der Waals surface area contributed by atoms with Gasteiger partial charge in [0, 0.05) is 0 Å². The van der Waals surface area contributed by atoms with E-state index in [-0.39, 0.29) is 11.5 Å². The quantitative estimate of drug-likeness (QED) is 0.593. The van der Waals surface area contributed by atoms with Crippen molar-refractivity contribution in [3.63, 3.8) is 0 Å². The molecule has 2 heteroatoms. The fraction of sp³-hybridized carbons (Fsp3) is 1.00. The van der Waals surface area contributed by atoms with E-state index in [0.29, 0.717) is 6.54 Å². The molecular weight excluding hydrogens is 114 g/mol. The van der Waals surface area contributed by atoms with Gasteiger partial charge in [-0.3, -0.25) is 0 Å². The summed E-state index contributed by atoms with van der Waals surface area (Å²) in [6, 6.07) is 0. The van der Waals surface area contributed by atoms with E-state index >= 15 is 0 Å². The number of aliphatic hydroxyl groups is 1. The van der Waals surface area contributed by atoms with Crippen LogP contribution in [0, 0.1) is 5.41 Å². The molecule has 0 radical (unpaired) electrons. The van der Waals surface area contributed by atoms with E-state index in [1.807, 2.05) is 0 Å². The lowest BCUT2D eigenvalue weighted by Crippen LogP contribution is -2.27. The van der Waals surface area contributed by atoms with Gasteiger partial charge in [0.1, 0.15) is 0 Å². The third-order valence-electron chi connectivity index (χ3n) is 1.40. The minimum absolute atomic E-state index is 0.0914. The molecule has 0 saturated carbocycles. The van der Waals surface area contributed by atoms with E-state index in [4.69, 9.17) is 10.8 Å². The molecule has 1 atom stereocenters. The summed E-state index contributed by atoms with van der Waals surface area (Å²) < 4.78 is 0. The number of nitrogens with two attached hydrogens (primary N) is 1. The third kappa shape index (κ3) is 4.43. The molecule has 0 rings (SSSR count). The number of aliphatic hydroxyl groups excluding tert-OH is 1. The summed E-state index contributed by atoms with van der Waals surface area (Å²) in [5, 5.41) is 8.96. The molecular formula is C7H17NO. The van der Waals surface area contributed by atoms with Gasteiger partial charge in [-0.2, -0.15) is 0 Å². The van der Waals surface area contributed by atoms with Crippen molar-refractivity contribution in [1.82, 2.24) is 0 Å². The Morgan fingerprint density at radius 1 is 1.56 bits per heavy atom. The summed E-state index contributed by atoms with van der Waals surface area (Å²) >= 11 is 0. The van der Waals surface area contributed by atoms with Gasteiger partial charge in [0.25, 0.3) is 0 Å². The Balaban J connectivity index is 3.58. The fourth-order valence-corrected chi connectivity index (χ4v) is 0.883. The first-order chi connectivity index (χ1) is 3.98. The molecule has 56 valence electrons. The Kier molecular flexibility index (Phi) is 3.15. The summed E-state index contributed by atoms with van der Waals surface area (Å²) in [7, 11) is 0. The third-order valence-corrected chi connectivity index (χ3v) is 1.40. The van der Waals surface area contributed by atoms with Crippen LogP contribution in [0.25, 0.3) is 0 Å². The van der Waals surface area contributed by atoms with Crippen molar-refractivity contribution < 1.29 is 5.11 Å². The van der Waals surface area contributed by atoms with Crippen LogP contribution in [-0.4, -0.2) is 17.8 Å². The van der Waals surface area contributed by atoms with Crippen molar-refractivity contribution >= 4 is 0 Å². The predicted molar refractivity (Wildman–Crippen MR) is 39.1 cm³/mol. The van der Waals surface area contributed by atoms with Gasteiger partial charge in [-0.15, -0.1) is 0 Å². The minimum Gasteiger partial charge on any atom is -0.393 e. The first-order valence-corrected chi connectivity index (χ1v) is 3.36. The van der Waals surface area contributed by atoms with E-state index in [2.05, 4.69) is 13.8 Å². The topological polar surface area (TPSA) is 46.2 Å². The molecule has 0 unspecified atom stereocenters. The Morgan fingerprint density at radius 2 is 2.00 bits per heavy atom. The van der Waals surface area contributed by atoms with Gasteiger partial charge in [0.05, 0.1) is 6.10 Å². The second kappa shape index (κ2) is 3.18. The van der Waals surface area contributed by atoms with Gasteiger partial charge in [-0.05, 0) is 25.3 Å². The van der Waals surface area contributed by atoms with Crippen molar-refractivity contribution in [2.75, 3.05) is 6.54 Å². The zero-order chi connectivity index (χ0) is 7.49. The van der Waals surface area contributed by atoms with E-state index in [1.54, 1.807) is 6.92 Å². The molecule has 0 amide bonds. The molecule has 0 bridgehead atoms. The lowest BCUT2D eigenvalue weighted by atomic mass is 9.87. The summed E-state index contributed by atoms with van der Waals surface area (Å²) in [5.74, 6) is 0. The number of hydrogen-bond acceptors (Lipinski definition) is 2. The van der Waals surface area contributed by atoms with Crippen LogP contribution in [-0.2, 0) is 0 Å². The molecule has 3 N–H and O–H groups in total. The van der Waals surface area contributed by atoms with Crippen LogP contribution in [0.5, 0.6) is 0 Å². The summed E-state index contributed by atoms with van der Waals surface area (Å²) in [6.45, 7) is 6.54. The van der Waals surface area contributed by atoms with Crippen LogP contribution in [0.15, 0.2) is 0 Å². The molecule has 0 aromatic carbocycles. The molecule has 0 fully saturated rings. The van der Waals surface area contributed by atoms with Crippen molar-refractivity contribution in [3.8, 4) is 0 Å².